The van der Waals surface area contributed by atoms with Crippen LogP contribution < -0.4 is 5.32 Å². The zero-order valence-corrected chi connectivity index (χ0v) is 17.9. The molecule has 1 heterocycles. The van der Waals surface area contributed by atoms with Crippen LogP contribution in [0.2, 0.25) is 10.0 Å². The molecule has 3 aromatic carbocycles. The third-order valence-corrected chi connectivity index (χ3v) is 5.51. The Kier molecular flexibility index (Phi) is 6.35. The molecular formula is C24H18Cl2FN3O. The highest BCUT2D eigenvalue weighted by molar-refractivity contribution is 6.42. The number of nitrogens with one attached hydrogen (secondary N) is 1. The standard InChI is InChI=1S/C24H18Cl2FN3O/c25-20-11-10-19(14-21(20)26)30-23(15-22(29-30)17-6-8-18(27)9-7-17)24(31)28-13-12-16-4-2-1-3-5-16/h1-11,14-15H,12-13H2,(H,28,31). The van der Waals surface area contributed by atoms with Crippen LogP contribution >= 0.6 is 23.2 Å². The number of carbonyl (C=O) groups is 1. The van der Waals surface area contributed by atoms with E-state index in [4.69, 9.17) is 23.2 Å². The van der Waals surface area contributed by atoms with E-state index < -0.39 is 0 Å². The highest BCUT2D eigenvalue weighted by Gasteiger charge is 2.18. The monoisotopic (exact) mass is 453 g/mol. The first-order valence-electron chi connectivity index (χ1n) is 9.65. The number of benzene rings is 3. The Morgan fingerprint density at radius 2 is 1.68 bits per heavy atom. The van der Waals surface area contributed by atoms with E-state index in [2.05, 4.69) is 10.4 Å². The summed E-state index contributed by atoms with van der Waals surface area (Å²) in [6, 6.07) is 22.6. The van der Waals surface area contributed by atoms with Crippen LogP contribution in [0.5, 0.6) is 0 Å². The maximum absolute atomic E-state index is 13.3. The molecule has 4 aromatic rings. The second kappa shape index (κ2) is 9.33. The lowest BCUT2D eigenvalue weighted by molar-refractivity contribution is 0.0946. The van der Waals surface area contributed by atoms with Gasteiger partial charge < -0.3 is 5.32 Å². The minimum Gasteiger partial charge on any atom is -0.350 e. The average Bonchev–Trinajstić information content (AvgIpc) is 3.22. The molecule has 4 nitrogen and oxygen atoms in total. The molecule has 1 N–H and O–H groups in total. The van der Waals surface area contributed by atoms with Crippen LogP contribution in [-0.2, 0) is 6.42 Å². The summed E-state index contributed by atoms with van der Waals surface area (Å²) in [6.45, 7) is 0.473. The van der Waals surface area contributed by atoms with Gasteiger partial charge in [-0.15, -0.1) is 0 Å². The first-order chi connectivity index (χ1) is 15.0. The number of amides is 1. The summed E-state index contributed by atoms with van der Waals surface area (Å²) in [4.78, 5) is 13.0. The Labute approximate surface area is 189 Å². The van der Waals surface area contributed by atoms with Crippen molar-refractivity contribution in [1.29, 1.82) is 0 Å². The lowest BCUT2D eigenvalue weighted by atomic mass is 10.1. The van der Waals surface area contributed by atoms with Crippen LogP contribution in [0, 0.1) is 5.82 Å². The predicted molar refractivity (Wildman–Crippen MR) is 121 cm³/mol. The average molecular weight is 454 g/mol. The van der Waals surface area contributed by atoms with E-state index in [1.807, 2.05) is 30.3 Å². The van der Waals surface area contributed by atoms with Crippen molar-refractivity contribution in [2.45, 2.75) is 6.42 Å². The lowest BCUT2D eigenvalue weighted by Crippen LogP contribution is -2.27. The molecule has 1 amide bonds. The SMILES string of the molecule is O=C(NCCc1ccccc1)c1cc(-c2ccc(F)cc2)nn1-c1ccc(Cl)c(Cl)c1. The normalized spacial score (nSPS) is 10.8. The molecule has 0 fully saturated rings. The third-order valence-electron chi connectivity index (χ3n) is 4.77. The Balaban J connectivity index is 1.64. The molecule has 7 heteroatoms. The van der Waals surface area contributed by atoms with Gasteiger partial charge in [0.15, 0.2) is 0 Å². The molecule has 0 radical (unpaired) electrons. The fourth-order valence-electron chi connectivity index (χ4n) is 3.17. The summed E-state index contributed by atoms with van der Waals surface area (Å²) in [5, 5.41) is 8.27. The van der Waals surface area contributed by atoms with Crippen molar-refractivity contribution in [3.05, 3.63) is 106 Å². The number of aromatic nitrogens is 2. The van der Waals surface area contributed by atoms with E-state index in [1.54, 1.807) is 36.4 Å². The number of halogens is 3. The number of hydrogen-bond acceptors (Lipinski definition) is 2. The van der Waals surface area contributed by atoms with Crippen molar-refractivity contribution >= 4 is 29.1 Å². The van der Waals surface area contributed by atoms with E-state index in [0.29, 0.717) is 45.6 Å². The van der Waals surface area contributed by atoms with Crippen molar-refractivity contribution in [3.63, 3.8) is 0 Å². The van der Waals surface area contributed by atoms with Gasteiger partial charge in [-0.2, -0.15) is 5.10 Å². The first kappa shape index (κ1) is 21.1. The number of rotatable bonds is 6. The summed E-state index contributed by atoms with van der Waals surface area (Å²) in [7, 11) is 0. The van der Waals surface area contributed by atoms with Crippen molar-refractivity contribution in [3.8, 4) is 16.9 Å². The summed E-state index contributed by atoms with van der Waals surface area (Å²) in [5.74, 6) is -0.616. The Morgan fingerprint density at radius 3 is 2.39 bits per heavy atom. The topological polar surface area (TPSA) is 46.9 Å². The minimum absolute atomic E-state index is 0.275. The maximum Gasteiger partial charge on any atom is 0.270 e. The van der Waals surface area contributed by atoms with Gasteiger partial charge in [-0.25, -0.2) is 9.07 Å². The molecule has 0 saturated carbocycles. The highest BCUT2D eigenvalue weighted by Crippen LogP contribution is 2.27. The van der Waals surface area contributed by atoms with E-state index in [0.717, 1.165) is 5.56 Å². The molecule has 0 spiro atoms. The van der Waals surface area contributed by atoms with Gasteiger partial charge in [-0.3, -0.25) is 4.79 Å². The summed E-state index contributed by atoms with van der Waals surface area (Å²) >= 11 is 12.2. The van der Waals surface area contributed by atoms with Gasteiger partial charge in [0, 0.05) is 12.1 Å². The molecule has 4 rings (SSSR count). The van der Waals surface area contributed by atoms with Gasteiger partial charge in [0.05, 0.1) is 21.4 Å². The second-order valence-electron chi connectivity index (χ2n) is 6.92. The van der Waals surface area contributed by atoms with Crippen LogP contribution in [0.1, 0.15) is 16.1 Å². The van der Waals surface area contributed by atoms with Crippen LogP contribution in [0.3, 0.4) is 0 Å². The van der Waals surface area contributed by atoms with Crippen molar-refractivity contribution in [1.82, 2.24) is 15.1 Å². The number of nitrogens with zero attached hydrogens (tertiary/aromatic N) is 2. The molecule has 0 unspecified atom stereocenters. The zero-order valence-electron chi connectivity index (χ0n) is 16.4. The highest BCUT2D eigenvalue weighted by atomic mass is 35.5. The molecule has 0 saturated heterocycles. The molecule has 0 aliphatic rings. The van der Waals surface area contributed by atoms with E-state index in [-0.39, 0.29) is 11.7 Å². The van der Waals surface area contributed by atoms with Crippen LogP contribution in [-0.4, -0.2) is 22.2 Å². The van der Waals surface area contributed by atoms with Gasteiger partial charge >= 0.3 is 0 Å². The van der Waals surface area contributed by atoms with Crippen LogP contribution in [0.15, 0.2) is 78.9 Å². The van der Waals surface area contributed by atoms with Gasteiger partial charge in [-0.1, -0.05) is 53.5 Å². The Hall–Kier alpha value is -3.15. The van der Waals surface area contributed by atoms with Crippen LogP contribution in [0.4, 0.5) is 4.39 Å². The van der Waals surface area contributed by atoms with Crippen LogP contribution in [0.25, 0.3) is 16.9 Å². The maximum atomic E-state index is 13.3. The lowest BCUT2D eigenvalue weighted by Gasteiger charge is -2.09. The quantitative estimate of drug-likeness (QED) is 0.391. The van der Waals surface area contributed by atoms with E-state index in [1.165, 1.54) is 16.8 Å². The predicted octanol–water partition coefficient (Wildman–Crippen LogP) is 5.96. The van der Waals surface area contributed by atoms with E-state index >= 15 is 0 Å². The Bertz CT molecular complexity index is 1210. The summed E-state index contributed by atoms with van der Waals surface area (Å²) in [6.07, 6.45) is 0.707. The molecule has 0 aliphatic carbocycles. The number of carbonyl (C=O) groups excluding carboxylic acids is 1. The second-order valence-corrected chi connectivity index (χ2v) is 7.74. The van der Waals surface area contributed by atoms with Crippen molar-refractivity contribution in [2.24, 2.45) is 0 Å². The molecule has 0 aliphatic heterocycles. The van der Waals surface area contributed by atoms with Crippen molar-refractivity contribution < 1.29 is 9.18 Å². The molecule has 1 aromatic heterocycles. The van der Waals surface area contributed by atoms with Crippen molar-refractivity contribution in [2.75, 3.05) is 6.54 Å². The number of hydrogen-bond donors (Lipinski definition) is 1. The Morgan fingerprint density at radius 1 is 0.935 bits per heavy atom. The molecule has 31 heavy (non-hydrogen) atoms. The largest absolute Gasteiger partial charge is 0.350 e. The summed E-state index contributed by atoms with van der Waals surface area (Å²) in [5.41, 5.74) is 3.30. The first-order valence-corrected chi connectivity index (χ1v) is 10.4. The molecular weight excluding hydrogens is 436 g/mol. The fraction of sp³-hybridized carbons (Fsp3) is 0.0833. The van der Waals surface area contributed by atoms with Gasteiger partial charge in [0.25, 0.3) is 5.91 Å². The summed E-state index contributed by atoms with van der Waals surface area (Å²) < 4.78 is 14.8. The zero-order chi connectivity index (χ0) is 21.8. The minimum atomic E-state index is -0.341. The van der Waals surface area contributed by atoms with Gasteiger partial charge in [0.1, 0.15) is 11.5 Å². The van der Waals surface area contributed by atoms with Gasteiger partial charge in [-0.05, 0) is 60.5 Å². The molecule has 0 atom stereocenters. The smallest absolute Gasteiger partial charge is 0.270 e. The van der Waals surface area contributed by atoms with E-state index in [9.17, 15) is 9.18 Å². The third kappa shape index (κ3) is 4.95. The molecule has 156 valence electrons. The fourth-order valence-corrected chi connectivity index (χ4v) is 3.47. The molecule has 0 bridgehead atoms. The van der Waals surface area contributed by atoms with Gasteiger partial charge in [0.2, 0.25) is 0 Å².